The molecule has 6 nitrogen and oxygen atoms in total. The van der Waals surface area contributed by atoms with Gasteiger partial charge in [-0.25, -0.2) is 0 Å². The van der Waals surface area contributed by atoms with Gasteiger partial charge in [-0.3, -0.25) is 9.59 Å². The van der Waals surface area contributed by atoms with Crippen LogP contribution in [0.4, 0.5) is 13.2 Å². The molecule has 0 aromatic heterocycles. The van der Waals surface area contributed by atoms with Gasteiger partial charge in [-0.2, -0.15) is 13.2 Å². The Hall–Kier alpha value is -2.94. The second-order valence-electron chi connectivity index (χ2n) is 8.00. The maximum absolute atomic E-state index is 13.5. The van der Waals surface area contributed by atoms with Crippen LogP contribution in [0.5, 0.6) is 5.75 Å². The van der Waals surface area contributed by atoms with Gasteiger partial charge in [-0.05, 0) is 24.1 Å². The first kappa shape index (κ1) is 21.3. The molecule has 164 valence electrons. The highest BCUT2D eigenvalue weighted by molar-refractivity contribution is 6.04. The maximum Gasteiger partial charge on any atom is 0.416 e. The molecule has 0 amide bonds. The number of nitrogens with one attached hydrogen (secondary N) is 1. The Bertz CT molecular complexity index is 1020. The zero-order chi connectivity index (χ0) is 22.4. The van der Waals surface area contributed by atoms with Gasteiger partial charge in [-0.15, -0.1) is 0 Å². The summed E-state index contributed by atoms with van der Waals surface area (Å²) < 4.78 is 39.1. The number of nitrogens with zero attached hydrogens (tertiary/aromatic N) is 1. The average Bonchev–Trinajstić information content (AvgIpc) is 2.68. The number of allylic oxidation sites excluding steroid dienone is 3. The van der Waals surface area contributed by atoms with Gasteiger partial charge in [0, 0.05) is 30.1 Å². The Morgan fingerprint density at radius 3 is 2.65 bits per heavy atom. The minimum Gasteiger partial charge on any atom is -0.481 e. The van der Waals surface area contributed by atoms with Crippen LogP contribution in [-0.2, 0) is 15.8 Å². The monoisotopic (exact) mass is 434 g/mol. The van der Waals surface area contributed by atoms with Crippen molar-refractivity contribution >= 4 is 18.0 Å². The molecule has 1 saturated heterocycles. The molecule has 9 heteroatoms. The molecule has 2 atom stereocenters. The van der Waals surface area contributed by atoms with Crippen molar-refractivity contribution in [1.29, 1.82) is 0 Å². The summed E-state index contributed by atoms with van der Waals surface area (Å²) in [5.41, 5.74) is -0.582. The number of fused-ring (bicyclic) bond motifs is 1. The fourth-order valence-electron chi connectivity index (χ4n) is 4.38. The van der Waals surface area contributed by atoms with E-state index in [2.05, 4.69) is 10.5 Å². The van der Waals surface area contributed by atoms with Crippen LogP contribution in [0.25, 0.3) is 0 Å². The molecule has 31 heavy (non-hydrogen) atoms. The van der Waals surface area contributed by atoms with Crippen LogP contribution in [0.2, 0.25) is 0 Å². The number of ketones is 1. The average molecular weight is 434 g/mol. The first-order valence-corrected chi connectivity index (χ1v) is 10.0. The van der Waals surface area contributed by atoms with Gasteiger partial charge in [0.05, 0.1) is 17.7 Å². The van der Waals surface area contributed by atoms with E-state index in [1.54, 1.807) is 12.2 Å². The number of Topliss-reactive ketones (excluding diaryl/α,β-unsaturated/α-hetero) is 1. The summed E-state index contributed by atoms with van der Waals surface area (Å²) in [5.74, 6) is -2.56. The van der Waals surface area contributed by atoms with Crippen LogP contribution in [0, 0.1) is 11.3 Å². The number of benzene rings is 1. The van der Waals surface area contributed by atoms with E-state index in [0.717, 1.165) is 12.1 Å². The predicted molar refractivity (Wildman–Crippen MR) is 106 cm³/mol. The van der Waals surface area contributed by atoms with Gasteiger partial charge in [0.25, 0.3) is 0 Å². The maximum atomic E-state index is 13.5. The Balaban J connectivity index is 1.71. The van der Waals surface area contributed by atoms with Crippen molar-refractivity contribution in [2.75, 3.05) is 13.1 Å². The Morgan fingerprint density at radius 1 is 1.32 bits per heavy atom. The Morgan fingerprint density at radius 2 is 2.06 bits per heavy atom. The number of hydrogen-bond donors (Lipinski definition) is 2. The van der Waals surface area contributed by atoms with E-state index < -0.39 is 35.0 Å². The molecule has 2 N–H and O–H groups in total. The summed E-state index contributed by atoms with van der Waals surface area (Å²) in [4.78, 5) is 30.5. The van der Waals surface area contributed by atoms with E-state index in [0.29, 0.717) is 29.6 Å². The van der Waals surface area contributed by atoms with Crippen LogP contribution in [0.1, 0.15) is 36.8 Å². The van der Waals surface area contributed by atoms with Crippen molar-refractivity contribution in [1.82, 2.24) is 5.32 Å². The molecule has 0 radical (unpaired) electrons. The lowest BCUT2D eigenvalue weighted by Gasteiger charge is -2.42. The van der Waals surface area contributed by atoms with Gasteiger partial charge in [-0.1, -0.05) is 36.7 Å². The number of carbonyl (C=O) groups excluding carboxylic acids is 1. The summed E-state index contributed by atoms with van der Waals surface area (Å²) >= 11 is 0. The van der Waals surface area contributed by atoms with E-state index in [9.17, 15) is 27.9 Å². The SMILES string of the molecule is CCCC1=C(C2(C(=O)O)CNC2)C=CC(C2C=NOc3cc(C(F)(F)F)ccc32)C1=O. The van der Waals surface area contributed by atoms with Gasteiger partial charge in [0.2, 0.25) is 0 Å². The molecule has 1 fully saturated rings. The summed E-state index contributed by atoms with van der Waals surface area (Å²) in [6.45, 7) is 2.39. The third-order valence-corrected chi connectivity index (χ3v) is 6.13. The largest absolute Gasteiger partial charge is 0.481 e. The van der Waals surface area contributed by atoms with Crippen molar-refractivity contribution in [3.8, 4) is 5.75 Å². The van der Waals surface area contributed by atoms with E-state index in [4.69, 9.17) is 4.84 Å². The summed E-state index contributed by atoms with van der Waals surface area (Å²) in [7, 11) is 0. The van der Waals surface area contributed by atoms with Crippen LogP contribution in [-0.4, -0.2) is 36.2 Å². The number of hydrogen-bond acceptors (Lipinski definition) is 5. The van der Waals surface area contributed by atoms with Crippen LogP contribution < -0.4 is 10.2 Å². The van der Waals surface area contributed by atoms with Crippen LogP contribution in [0.3, 0.4) is 0 Å². The van der Waals surface area contributed by atoms with Gasteiger partial charge in [0.1, 0.15) is 5.41 Å². The number of carboxylic acid groups (broad SMARTS) is 1. The number of aliphatic carboxylic acids is 1. The van der Waals surface area contributed by atoms with Crippen molar-refractivity contribution in [2.24, 2.45) is 16.5 Å². The number of oxime groups is 1. The molecule has 2 heterocycles. The highest BCUT2D eigenvalue weighted by atomic mass is 19.4. The van der Waals surface area contributed by atoms with Crippen LogP contribution >= 0.6 is 0 Å². The minimum absolute atomic E-state index is 0.0412. The summed E-state index contributed by atoms with van der Waals surface area (Å²) in [6.07, 6.45) is 1.30. The zero-order valence-electron chi connectivity index (χ0n) is 16.7. The first-order chi connectivity index (χ1) is 14.7. The molecule has 3 aliphatic rings. The molecule has 2 unspecified atom stereocenters. The molecule has 1 aromatic carbocycles. The highest BCUT2D eigenvalue weighted by Crippen LogP contribution is 2.45. The standard InChI is InChI=1S/C22H21F3N2O4/c1-2-3-15-17(21(20(29)30)10-26-11-21)7-6-14(19(15)28)16-9-27-31-18-8-12(22(23,24)25)4-5-13(16)18/h4-9,14,16,26H,2-3,10-11H2,1H3,(H,29,30). The Kier molecular flexibility index (Phi) is 5.25. The molecule has 0 saturated carbocycles. The van der Waals surface area contributed by atoms with Crippen molar-refractivity contribution in [3.05, 3.63) is 52.6 Å². The van der Waals surface area contributed by atoms with E-state index in [1.165, 1.54) is 12.3 Å². The van der Waals surface area contributed by atoms with E-state index >= 15 is 0 Å². The van der Waals surface area contributed by atoms with Gasteiger partial charge >= 0.3 is 12.1 Å². The molecule has 2 aliphatic heterocycles. The number of carbonyl (C=O) groups is 2. The van der Waals surface area contributed by atoms with Gasteiger partial charge in [0.15, 0.2) is 11.5 Å². The molecular weight excluding hydrogens is 413 g/mol. The molecule has 0 spiro atoms. The van der Waals surface area contributed by atoms with Crippen molar-refractivity contribution in [2.45, 2.75) is 31.9 Å². The predicted octanol–water partition coefficient (Wildman–Crippen LogP) is 3.69. The normalized spacial score (nSPS) is 24.5. The second kappa shape index (κ2) is 7.64. The van der Waals surface area contributed by atoms with Crippen molar-refractivity contribution < 1.29 is 32.7 Å². The summed E-state index contributed by atoms with van der Waals surface area (Å²) in [5, 5.41) is 16.5. The zero-order valence-corrected chi connectivity index (χ0v) is 16.7. The molecule has 1 aromatic rings. The fraction of sp³-hybridized carbons (Fsp3) is 0.409. The topological polar surface area (TPSA) is 88.0 Å². The van der Waals surface area contributed by atoms with E-state index in [-0.39, 0.29) is 24.6 Å². The smallest absolute Gasteiger partial charge is 0.416 e. The third-order valence-electron chi connectivity index (χ3n) is 6.13. The lowest BCUT2D eigenvalue weighted by molar-refractivity contribution is -0.149. The summed E-state index contributed by atoms with van der Waals surface area (Å²) in [6, 6.07) is 3.14. The molecule has 0 bridgehead atoms. The quantitative estimate of drug-likeness (QED) is 0.738. The van der Waals surface area contributed by atoms with Gasteiger partial charge < -0.3 is 15.3 Å². The third kappa shape index (κ3) is 3.46. The molecule has 1 aliphatic carbocycles. The minimum atomic E-state index is -4.52. The van der Waals surface area contributed by atoms with E-state index in [1.807, 2.05) is 6.92 Å². The number of rotatable bonds is 5. The fourth-order valence-corrected chi connectivity index (χ4v) is 4.38. The van der Waals surface area contributed by atoms with Crippen molar-refractivity contribution in [3.63, 3.8) is 0 Å². The highest BCUT2D eigenvalue weighted by Gasteiger charge is 2.50. The number of alkyl halides is 3. The number of halogens is 3. The lowest BCUT2D eigenvalue weighted by Crippen LogP contribution is -2.59. The second-order valence-corrected chi connectivity index (χ2v) is 8.00. The molecular formula is C22H21F3N2O4. The Labute approximate surface area is 176 Å². The first-order valence-electron chi connectivity index (χ1n) is 10.0. The van der Waals surface area contributed by atoms with Crippen LogP contribution in [0.15, 0.2) is 46.7 Å². The number of carboxylic acids is 1. The lowest BCUT2D eigenvalue weighted by atomic mass is 9.67. The molecule has 4 rings (SSSR count).